The molecule has 0 fully saturated rings. The van der Waals surface area contributed by atoms with Crippen molar-refractivity contribution in [2.45, 2.75) is 36.5 Å². The normalized spacial score (nSPS) is 11.0. The van der Waals surface area contributed by atoms with Crippen molar-refractivity contribution in [3.05, 3.63) is 77.5 Å². The molecule has 0 atom stereocenters. The lowest BCUT2D eigenvalue weighted by Crippen LogP contribution is -2.15. The minimum absolute atomic E-state index is 0.126. The Kier molecular flexibility index (Phi) is 7.40. The van der Waals surface area contributed by atoms with Gasteiger partial charge in [0.15, 0.2) is 10.3 Å². The maximum atomic E-state index is 13.1. The zero-order valence-corrected chi connectivity index (χ0v) is 19.6. The first-order valence-electron chi connectivity index (χ1n) is 10.0. The predicted molar refractivity (Wildman–Crippen MR) is 125 cm³/mol. The number of thioether (sulfide) groups is 2. The summed E-state index contributed by atoms with van der Waals surface area (Å²) in [7, 11) is 0. The number of hydrogen-bond acceptors (Lipinski definition) is 8. The highest BCUT2D eigenvalue weighted by atomic mass is 32.2. The summed E-state index contributed by atoms with van der Waals surface area (Å²) in [5.41, 5.74) is 2.35. The van der Waals surface area contributed by atoms with E-state index >= 15 is 0 Å². The topological polar surface area (TPSA) is 98.7 Å². The molecule has 1 amide bonds. The van der Waals surface area contributed by atoms with Crippen LogP contribution >= 0.6 is 23.5 Å². The van der Waals surface area contributed by atoms with E-state index in [1.807, 2.05) is 36.6 Å². The van der Waals surface area contributed by atoms with Crippen molar-refractivity contribution in [1.29, 1.82) is 0 Å². The Morgan fingerprint density at radius 1 is 1.09 bits per heavy atom. The number of furan rings is 1. The van der Waals surface area contributed by atoms with E-state index < -0.39 is 0 Å². The van der Waals surface area contributed by atoms with Crippen LogP contribution in [0.2, 0.25) is 0 Å². The molecule has 33 heavy (non-hydrogen) atoms. The number of halogens is 1. The third-order valence-electron chi connectivity index (χ3n) is 4.44. The van der Waals surface area contributed by atoms with Crippen LogP contribution in [0.5, 0.6) is 0 Å². The fourth-order valence-electron chi connectivity index (χ4n) is 3.00. The smallest absolute Gasteiger partial charge is 0.234 e. The minimum atomic E-state index is -0.356. The standard InChI is InChI=1S/C22H21FN6O2S2/c1-14-10-15(2)25-21(24-14)32-12-19-27-28-22(29(19)11-18-4-3-9-31-18)33-13-20(30)26-17-7-5-16(23)6-8-17/h3-10H,11-13H2,1-2H3,(H,26,30). The van der Waals surface area contributed by atoms with E-state index in [4.69, 9.17) is 4.42 Å². The summed E-state index contributed by atoms with van der Waals surface area (Å²) >= 11 is 2.74. The number of aryl methyl sites for hydroxylation is 2. The number of carbonyl (C=O) groups excluding carboxylic acids is 1. The van der Waals surface area contributed by atoms with Crippen molar-refractivity contribution < 1.29 is 13.6 Å². The van der Waals surface area contributed by atoms with Crippen LogP contribution in [0.3, 0.4) is 0 Å². The molecule has 1 N–H and O–H groups in total. The van der Waals surface area contributed by atoms with E-state index in [-0.39, 0.29) is 17.5 Å². The molecule has 0 aliphatic heterocycles. The number of amides is 1. The zero-order valence-electron chi connectivity index (χ0n) is 18.0. The van der Waals surface area contributed by atoms with E-state index in [0.717, 1.165) is 23.0 Å². The lowest BCUT2D eigenvalue weighted by atomic mass is 10.3. The van der Waals surface area contributed by atoms with Crippen LogP contribution in [-0.2, 0) is 17.1 Å². The first-order chi connectivity index (χ1) is 16.0. The Labute approximate surface area is 198 Å². The van der Waals surface area contributed by atoms with Gasteiger partial charge in [0.05, 0.1) is 24.3 Å². The van der Waals surface area contributed by atoms with Gasteiger partial charge >= 0.3 is 0 Å². The van der Waals surface area contributed by atoms with Crippen LogP contribution in [0, 0.1) is 19.7 Å². The van der Waals surface area contributed by atoms with Gasteiger partial charge < -0.3 is 9.73 Å². The van der Waals surface area contributed by atoms with Crippen LogP contribution in [0.4, 0.5) is 10.1 Å². The van der Waals surface area contributed by atoms with Crippen molar-refractivity contribution in [3.8, 4) is 0 Å². The van der Waals surface area contributed by atoms with E-state index in [9.17, 15) is 9.18 Å². The number of nitrogens with zero attached hydrogens (tertiary/aromatic N) is 5. The Bertz CT molecular complexity index is 1210. The minimum Gasteiger partial charge on any atom is -0.467 e. The number of aromatic nitrogens is 5. The first-order valence-corrected chi connectivity index (χ1v) is 12.0. The van der Waals surface area contributed by atoms with E-state index in [2.05, 4.69) is 25.5 Å². The van der Waals surface area contributed by atoms with Crippen LogP contribution in [0.1, 0.15) is 23.0 Å². The molecular formula is C22H21FN6O2S2. The molecule has 1 aromatic carbocycles. The van der Waals surface area contributed by atoms with Gasteiger partial charge in [0, 0.05) is 17.1 Å². The summed E-state index contributed by atoms with van der Waals surface area (Å²) in [5.74, 6) is 1.53. The highest BCUT2D eigenvalue weighted by Gasteiger charge is 2.17. The van der Waals surface area contributed by atoms with E-state index in [1.54, 1.807) is 6.26 Å². The van der Waals surface area contributed by atoms with Gasteiger partial charge in [-0.1, -0.05) is 23.5 Å². The monoisotopic (exact) mass is 484 g/mol. The molecule has 0 aliphatic carbocycles. The van der Waals surface area contributed by atoms with Crippen molar-refractivity contribution in [1.82, 2.24) is 24.7 Å². The maximum absolute atomic E-state index is 13.1. The number of rotatable bonds is 9. The fraction of sp³-hybridized carbons (Fsp3) is 0.227. The van der Waals surface area contributed by atoms with E-state index in [1.165, 1.54) is 47.8 Å². The Morgan fingerprint density at radius 2 is 1.85 bits per heavy atom. The molecule has 0 saturated heterocycles. The summed E-state index contributed by atoms with van der Waals surface area (Å²) in [6.07, 6.45) is 1.61. The molecular weight excluding hydrogens is 463 g/mol. The Hall–Kier alpha value is -3.18. The van der Waals surface area contributed by atoms with Crippen LogP contribution < -0.4 is 5.32 Å². The van der Waals surface area contributed by atoms with Crippen molar-refractivity contribution in [3.63, 3.8) is 0 Å². The Balaban J connectivity index is 1.45. The SMILES string of the molecule is Cc1cc(C)nc(SCc2nnc(SCC(=O)Nc3ccc(F)cc3)n2Cc2ccco2)n1. The third-order valence-corrected chi connectivity index (χ3v) is 6.25. The van der Waals surface area contributed by atoms with Crippen molar-refractivity contribution in [2.24, 2.45) is 0 Å². The van der Waals surface area contributed by atoms with Crippen LogP contribution in [0.15, 0.2) is 63.5 Å². The number of benzene rings is 1. The number of nitrogens with one attached hydrogen (secondary N) is 1. The second kappa shape index (κ2) is 10.6. The molecule has 0 radical (unpaired) electrons. The molecule has 0 bridgehead atoms. The molecule has 3 aromatic heterocycles. The third kappa shape index (κ3) is 6.42. The summed E-state index contributed by atoms with van der Waals surface area (Å²) in [6.45, 7) is 4.30. The first kappa shape index (κ1) is 23.0. The van der Waals surface area contributed by atoms with Gasteiger partial charge in [-0.2, -0.15) is 0 Å². The van der Waals surface area contributed by atoms with Gasteiger partial charge in [-0.15, -0.1) is 10.2 Å². The van der Waals surface area contributed by atoms with E-state index in [0.29, 0.717) is 28.3 Å². The van der Waals surface area contributed by atoms with Crippen molar-refractivity contribution in [2.75, 3.05) is 11.1 Å². The molecule has 0 saturated carbocycles. The average molecular weight is 485 g/mol. The summed E-state index contributed by atoms with van der Waals surface area (Å²) < 4.78 is 20.5. The van der Waals surface area contributed by atoms with Crippen LogP contribution in [-0.4, -0.2) is 36.4 Å². The van der Waals surface area contributed by atoms with Gasteiger partial charge in [-0.05, 0) is 56.3 Å². The molecule has 3 heterocycles. The number of carbonyl (C=O) groups is 1. The average Bonchev–Trinajstić information content (AvgIpc) is 3.42. The van der Waals surface area contributed by atoms with Gasteiger partial charge in [0.2, 0.25) is 5.91 Å². The molecule has 11 heteroatoms. The predicted octanol–water partition coefficient (Wildman–Crippen LogP) is 4.49. The Morgan fingerprint density at radius 3 is 2.55 bits per heavy atom. The van der Waals surface area contributed by atoms with Gasteiger partial charge in [0.25, 0.3) is 0 Å². The molecule has 8 nitrogen and oxygen atoms in total. The maximum Gasteiger partial charge on any atom is 0.234 e. The molecule has 4 rings (SSSR count). The quantitative estimate of drug-likeness (QED) is 0.274. The largest absolute Gasteiger partial charge is 0.467 e. The second-order valence-corrected chi connectivity index (χ2v) is 9.02. The summed E-state index contributed by atoms with van der Waals surface area (Å²) in [4.78, 5) is 21.3. The highest BCUT2D eigenvalue weighted by molar-refractivity contribution is 7.99. The number of hydrogen-bond donors (Lipinski definition) is 1. The highest BCUT2D eigenvalue weighted by Crippen LogP contribution is 2.24. The van der Waals surface area contributed by atoms with Crippen molar-refractivity contribution >= 4 is 35.1 Å². The van der Waals surface area contributed by atoms with Crippen LogP contribution in [0.25, 0.3) is 0 Å². The lowest BCUT2D eigenvalue weighted by molar-refractivity contribution is -0.113. The molecule has 170 valence electrons. The molecule has 4 aromatic rings. The van der Waals surface area contributed by atoms with Gasteiger partial charge in [-0.25, -0.2) is 14.4 Å². The second-order valence-electron chi connectivity index (χ2n) is 7.13. The molecule has 0 unspecified atom stereocenters. The van der Waals surface area contributed by atoms with Gasteiger partial charge in [-0.3, -0.25) is 9.36 Å². The van der Waals surface area contributed by atoms with Gasteiger partial charge in [0.1, 0.15) is 17.4 Å². The fourth-order valence-corrected chi connectivity index (χ4v) is 4.64. The molecule has 0 spiro atoms. The lowest BCUT2D eigenvalue weighted by Gasteiger charge is -2.09. The summed E-state index contributed by atoms with van der Waals surface area (Å²) in [5, 5.41) is 12.6. The zero-order chi connectivity index (χ0) is 23.2. The number of anilines is 1. The summed E-state index contributed by atoms with van der Waals surface area (Å²) in [6, 6.07) is 11.2. The molecule has 0 aliphatic rings.